The minimum absolute atomic E-state index is 0.288. The van der Waals surface area contributed by atoms with Crippen LogP contribution in [0.3, 0.4) is 0 Å². The van der Waals surface area contributed by atoms with E-state index in [1.165, 1.54) is 10.9 Å². The topological polar surface area (TPSA) is 101 Å². The fourth-order valence-electron chi connectivity index (χ4n) is 0.866. The number of aliphatic hydroxyl groups excluding tert-OH is 2. The molecule has 0 aliphatic carbocycles. The fourth-order valence-corrected chi connectivity index (χ4v) is 0.866. The zero-order valence-electron chi connectivity index (χ0n) is 6.70. The summed E-state index contributed by atoms with van der Waals surface area (Å²) in [5.74, 6) is -0.299. The van der Waals surface area contributed by atoms with Crippen LogP contribution in [0.2, 0.25) is 0 Å². The van der Waals surface area contributed by atoms with Crippen LogP contribution in [-0.4, -0.2) is 37.9 Å². The third-order valence-electron chi connectivity index (χ3n) is 1.62. The summed E-state index contributed by atoms with van der Waals surface area (Å²) < 4.78 is 1.30. The van der Waals surface area contributed by atoms with E-state index in [-0.39, 0.29) is 19.0 Å². The van der Waals surface area contributed by atoms with Crippen molar-refractivity contribution < 1.29 is 15.1 Å². The number of aliphatic hydroxyl groups is 2. The number of hydrogen-bond donors (Lipinski definition) is 2. The molecule has 0 saturated heterocycles. The standard InChI is InChI=1S/C6H9N3O4/c10-2-5(3-11)8-1-6(7-4-8)9(12)13/h1,4-5,10-11H,2-3H2. The van der Waals surface area contributed by atoms with Gasteiger partial charge < -0.3 is 24.9 Å². The molecule has 1 aromatic rings. The first-order chi connectivity index (χ1) is 6.19. The normalized spacial score (nSPS) is 10.7. The maximum Gasteiger partial charge on any atom is 0.381 e. The SMILES string of the molecule is O=[N+]([O-])c1cn(C(CO)CO)cn1. The molecule has 72 valence electrons. The van der Waals surface area contributed by atoms with Gasteiger partial charge in [0.1, 0.15) is 6.20 Å². The van der Waals surface area contributed by atoms with Crippen molar-refractivity contribution in [3.05, 3.63) is 22.6 Å². The van der Waals surface area contributed by atoms with Crippen LogP contribution in [0.15, 0.2) is 12.5 Å². The second-order valence-corrected chi connectivity index (χ2v) is 2.46. The van der Waals surface area contributed by atoms with E-state index in [0.717, 1.165) is 6.20 Å². The maximum atomic E-state index is 10.2. The van der Waals surface area contributed by atoms with Gasteiger partial charge >= 0.3 is 5.82 Å². The van der Waals surface area contributed by atoms with Gasteiger partial charge in [-0.25, -0.2) is 0 Å². The van der Waals surface area contributed by atoms with Crippen LogP contribution in [0.5, 0.6) is 0 Å². The first-order valence-electron chi connectivity index (χ1n) is 3.58. The maximum absolute atomic E-state index is 10.2. The Morgan fingerprint density at radius 1 is 1.62 bits per heavy atom. The lowest BCUT2D eigenvalue weighted by Gasteiger charge is -2.09. The highest BCUT2D eigenvalue weighted by Crippen LogP contribution is 2.11. The van der Waals surface area contributed by atoms with Gasteiger partial charge in [0.15, 0.2) is 0 Å². The van der Waals surface area contributed by atoms with Crippen molar-refractivity contribution in [1.82, 2.24) is 9.55 Å². The van der Waals surface area contributed by atoms with E-state index in [1.807, 2.05) is 0 Å². The molecule has 0 fully saturated rings. The van der Waals surface area contributed by atoms with Crippen LogP contribution in [-0.2, 0) is 0 Å². The molecule has 7 heteroatoms. The first kappa shape index (κ1) is 9.62. The van der Waals surface area contributed by atoms with Crippen molar-refractivity contribution in [3.63, 3.8) is 0 Å². The summed E-state index contributed by atoms with van der Waals surface area (Å²) >= 11 is 0. The van der Waals surface area contributed by atoms with E-state index in [9.17, 15) is 10.1 Å². The van der Waals surface area contributed by atoms with Crippen LogP contribution in [0.25, 0.3) is 0 Å². The van der Waals surface area contributed by atoms with Gasteiger partial charge in [0.25, 0.3) is 0 Å². The van der Waals surface area contributed by atoms with Crippen molar-refractivity contribution in [2.45, 2.75) is 6.04 Å². The van der Waals surface area contributed by atoms with Gasteiger partial charge in [0, 0.05) is 0 Å². The minimum atomic E-state index is -0.637. The molecule has 1 aromatic heterocycles. The van der Waals surface area contributed by atoms with E-state index in [2.05, 4.69) is 4.98 Å². The summed E-state index contributed by atoms with van der Waals surface area (Å²) in [5, 5.41) is 27.7. The Morgan fingerprint density at radius 2 is 2.23 bits per heavy atom. The lowest BCUT2D eigenvalue weighted by Crippen LogP contribution is -2.15. The molecule has 0 unspecified atom stereocenters. The van der Waals surface area contributed by atoms with E-state index in [1.54, 1.807) is 0 Å². The molecule has 7 nitrogen and oxygen atoms in total. The third kappa shape index (κ3) is 2.01. The molecule has 1 heterocycles. The van der Waals surface area contributed by atoms with Gasteiger partial charge in [-0.15, -0.1) is 0 Å². The summed E-state index contributed by atoms with van der Waals surface area (Å²) in [6, 6.07) is -0.568. The summed E-state index contributed by atoms with van der Waals surface area (Å²) in [4.78, 5) is 13.1. The Balaban J connectivity index is 2.84. The Hall–Kier alpha value is -1.47. The quantitative estimate of drug-likeness (QED) is 0.480. The van der Waals surface area contributed by atoms with Gasteiger partial charge in [-0.05, 0) is 9.91 Å². The fraction of sp³-hybridized carbons (Fsp3) is 0.500. The number of nitro groups is 1. The molecular formula is C6H9N3O4. The molecule has 0 aliphatic rings. The average molecular weight is 187 g/mol. The molecule has 2 N–H and O–H groups in total. The first-order valence-corrected chi connectivity index (χ1v) is 3.58. The van der Waals surface area contributed by atoms with E-state index < -0.39 is 11.0 Å². The molecule has 0 saturated carbocycles. The molecule has 13 heavy (non-hydrogen) atoms. The molecule has 0 aliphatic heterocycles. The summed E-state index contributed by atoms with van der Waals surface area (Å²) in [6.45, 7) is -0.575. The monoisotopic (exact) mass is 187 g/mol. The molecule has 0 aromatic carbocycles. The van der Waals surface area contributed by atoms with Crippen molar-refractivity contribution in [1.29, 1.82) is 0 Å². The molecule has 0 radical (unpaired) electrons. The Labute approximate surface area is 73.4 Å². The van der Waals surface area contributed by atoms with Gasteiger partial charge in [-0.2, -0.15) is 0 Å². The van der Waals surface area contributed by atoms with Gasteiger partial charge in [0.2, 0.25) is 6.33 Å². The van der Waals surface area contributed by atoms with E-state index in [0.29, 0.717) is 0 Å². The van der Waals surface area contributed by atoms with Crippen LogP contribution in [0, 0.1) is 10.1 Å². The Kier molecular flexibility index (Phi) is 2.93. The Bertz CT molecular complexity index is 294. The van der Waals surface area contributed by atoms with Crippen LogP contribution >= 0.6 is 0 Å². The number of rotatable bonds is 4. The van der Waals surface area contributed by atoms with Crippen molar-refractivity contribution in [3.8, 4) is 0 Å². The highest BCUT2D eigenvalue weighted by Gasteiger charge is 2.15. The highest BCUT2D eigenvalue weighted by molar-refractivity contribution is 5.13. The van der Waals surface area contributed by atoms with Gasteiger partial charge in [-0.3, -0.25) is 0 Å². The predicted octanol–water partition coefficient (Wildman–Crippen LogP) is -0.683. The van der Waals surface area contributed by atoms with Crippen molar-refractivity contribution in [2.24, 2.45) is 0 Å². The largest absolute Gasteiger partial charge is 0.394 e. The second kappa shape index (κ2) is 3.97. The predicted molar refractivity (Wildman–Crippen MR) is 42.1 cm³/mol. The number of nitrogens with zero attached hydrogens (tertiary/aromatic N) is 3. The third-order valence-corrected chi connectivity index (χ3v) is 1.62. The minimum Gasteiger partial charge on any atom is -0.394 e. The zero-order chi connectivity index (χ0) is 9.84. The van der Waals surface area contributed by atoms with Crippen LogP contribution < -0.4 is 0 Å². The summed E-state index contributed by atoms with van der Waals surface area (Å²) in [6.07, 6.45) is 2.37. The Morgan fingerprint density at radius 3 is 2.62 bits per heavy atom. The molecule has 0 spiro atoms. The molecule has 0 amide bonds. The van der Waals surface area contributed by atoms with Crippen LogP contribution in [0.4, 0.5) is 5.82 Å². The number of hydrogen-bond acceptors (Lipinski definition) is 5. The van der Waals surface area contributed by atoms with Gasteiger partial charge in [0.05, 0.1) is 19.3 Å². The summed E-state index contributed by atoms with van der Waals surface area (Å²) in [7, 11) is 0. The molecule has 0 bridgehead atoms. The average Bonchev–Trinajstić information content (AvgIpc) is 2.56. The molecule has 0 atom stereocenters. The lowest BCUT2D eigenvalue weighted by atomic mass is 10.3. The van der Waals surface area contributed by atoms with Gasteiger partial charge in [-0.1, -0.05) is 0 Å². The number of aromatic nitrogens is 2. The van der Waals surface area contributed by atoms with Crippen LogP contribution in [0.1, 0.15) is 6.04 Å². The van der Waals surface area contributed by atoms with Crippen molar-refractivity contribution >= 4 is 5.82 Å². The molecular weight excluding hydrogens is 178 g/mol. The lowest BCUT2D eigenvalue weighted by molar-refractivity contribution is -0.389. The van der Waals surface area contributed by atoms with Crippen molar-refractivity contribution in [2.75, 3.05) is 13.2 Å². The van der Waals surface area contributed by atoms with E-state index in [4.69, 9.17) is 10.2 Å². The van der Waals surface area contributed by atoms with E-state index >= 15 is 0 Å². The summed E-state index contributed by atoms with van der Waals surface area (Å²) in [5.41, 5.74) is 0. The number of imidazole rings is 1. The molecule has 1 rings (SSSR count). The second-order valence-electron chi connectivity index (χ2n) is 2.46. The highest BCUT2D eigenvalue weighted by atomic mass is 16.6. The smallest absolute Gasteiger partial charge is 0.381 e. The zero-order valence-corrected chi connectivity index (χ0v) is 6.70.